The van der Waals surface area contributed by atoms with Gasteiger partial charge in [-0.1, -0.05) is 45.4 Å². The fraction of sp³-hybridized carbons (Fsp3) is 0.136. The molecule has 1 heterocycles. The summed E-state index contributed by atoms with van der Waals surface area (Å²) < 4.78 is 5.75. The van der Waals surface area contributed by atoms with Gasteiger partial charge in [-0.15, -0.1) is 0 Å². The second-order valence-electron chi connectivity index (χ2n) is 6.35. The van der Waals surface area contributed by atoms with Crippen molar-refractivity contribution in [1.29, 1.82) is 0 Å². The van der Waals surface area contributed by atoms with Crippen molar-refractivity contribution in [2.45, 2.75) is 13.8 Å². The minimum atomic E-state index is -0.778. The molecule has 0 aromatic heterocycles. The minimum Gasteiger partial charge on any atom is -0.507 e. The molecule has 3 rings (SSSR count). The molecular formula is C22H18BrNO5S. The van der Waals surface area contributed by atoms with E-state index in [1.54, 1.807) is 43.3 Å². The van der Waals surface area contributed by atoms with Crippen LogP contribution in [-0.4, -0.2) is 33.7 Å². The first-order valence-electron chi connectivity index (χ1n) is 8.99. The number of halogens is 1. The highest BCUT2D eigenvalue weighted by Crippen LogP contribution is 2.40. The van der Waals surface area contributed by atoms with Gasteiger partial charge in [0.1, 0.15) is 22.1 Å². The van der Waals surface area contributed by atoms with E-state index >= 15 is 0 Å². The normalized spacial score (nSPS) is 16.4. The molecule has 0 bridgehead atoms. The molecule has 8 heteroatoms. The average molecular weight is 488 g/mol. The lowest BCUT2D eigenvalue weighted by Crippen LogP contribution is -2.14. The third-order valence-electron chi connectivity index (χ3n) is 4.15. The third kappa shape index (κ3) is 4.83. The number of aliphatic imine (C=N–C) groups is 1. The minimum absolute atomic E-state index is 0.00194. The number of carbonyl (C=O) groups is 2. The maximum absolute atomic E-state index is 12.6. The van der Waals surface area contributed by atoms with Crippen LogP contribution in [0.25, 0.3) is 6.08 Å². The number of ether oxygens (including phenoxy) is 1. The summed E-state index contributed by atoms with van der Waals surface area (Å²) in [5, 5.41) is 20.8. The molecule has 0 saturated carbocycles. The Hall–Kier alpha value is -2.84. The van der Waals surface area contributed by atoms with Crippen molar-refractivity contribution >= 4 is 50.7 Å². The lowest BCUT2D eigenvalue weighted by atomic mass is 10.1. The standard InChI is InChI=1S/C22H18BrNO5S/c1-3-29-22(28)18-19(26)17(11-14-10-15(23)8-9-16(14)25)30-21(18)24-20(27)13-6-4-12(2)5-7-13/h4-11,25-26H,3H2,1-2H3/b17-11+,24-21?. The van der Waals surface area contributed by atoms with E-state index in [0.29, 0.717) is 11.1 Å². The van der Waals surface area contributed by atoms with E-state index in [2.05, 4.69) is 20.9 Å². The fourth-order valence-electron chi connectivity index (χ4n) is 2.63. The number of thioether (sulfide) groups is 1. The predicted octanol–water partition coefficient (Wildman–Crippen LogP) is 5.16. The Balaban J connectivity index is 2.04. The monoisotopic (exact) mass is 487 g/mol. The van der Waals surface area contributed by atoms with E-state index in [-0.39, 0.29) is 33.6 Å². The quantitative estimate of drug-likeness (QED) is 0.577. The molecule has 0 aliphatic carbocycles. The summed E-state index contributed by atoms with van der Waals surface area (Å²) in [6, 6.07) is 11.7. The Kier molecular flexibility index (Phi) is 6.79. The second-order valence-corrected chi connectivity index (χ2v) is 8.29. The van der Waals surface area contributed by atoms with Crippen molar-refractivity contribution < 1.29 is 24.5 Å². The number of aliphatic hydroxyl groups excluding tert-OH is 1. The molecule has 6 nitrogen and oxygen atoms in total. The van der Waals surface area contributed by atoms with E-state index < -0.39 is 11.9 Å². The van der Waals surface area contributed by atoms with Crippen molar-refractivity contribution in [3.05, 3.63) is 79.9 Å². The number of nitrogens with zero attached hydrogens (tertiary/aromatic N) is 1. The number of phenolic OH excluding ortho intramolecular Hbond substituents is 1. The van der Waals surface area contributed by atoms with Crippen LogP contribution in [0.4, 0.5) is 0 Å². The van der Waals surface area contributed by atoms with Crippen molar-refractivity contribution in [3.8, 4) is 5.75 Å². The van der Waals surface area contributed by atoms with E-state index in [4.69, 9.17) is 4.74 Å². The molecule has 2 aromatic carbocycles. The Morgan fingerprint density at radius 3 is 2.53 bits per heavy atom. The van der Waals surface area contributed by atoms with Gasteiger partial charge in [0.05, 0.1) is 11.5 Å². The largest absolute Gasteiger partial charge is 0.507 e. The number of aromatic hydroxyl groups is 1. The molecule has 0 fully saturated rings. The number of aryl methyl sites for hydroxylation is 1. The molecule has 2 aromatic rings. The van der Waals surface area contributed by atoms with Gasteiger partial charge in [0.2, 0.25) is 0 Å². The van der Waals surface area contributed by atoms with Crippen molar-refractivity contribution in [2.24, 2.45) is 4.99 Å². The molecule has 1 aliphatic heterocycles. The Morgan fingerprint density at radius 2 is 1.87 bits per heavy atom. The van der Waals surface area contributed by atoms with Crippen LogP contribution in [0, 0.1) is 6.92 Å². The van der Waals surface area contributed by atoms with Crippen LogP contribution in [0.5, 0.6) is 5.75 Å². The highest BCUT2D eigenvalue weighted by molar-refractivity contribution is 9.10. The molecule has 0 saturated heterocycles. The van der Waals surface area contributed by atoms with Crippen LogP contribution in [0.2, 0.25) is 0 Å². The average Bonchev–Trinajstić information content (AvgIpc) is 3.00. The van der Waals surface area contributed by atoms with Crippen LogP contribution in [0.1, 0.15) is 28.4 Å². The summed E-state index contributed by atoms with van der Waals surface area (Å²) in [7, 11) is 0. The molecule has 0 radical (unpaired) electrons. The molecule has 2 N–H and O–H groups in total. The maximum atomic E-state index is 12.6. The number of esters is 1. The van der Waals surface area contributed by atoms with Crippen LogP contribution in [-0.2, 0) is 9.53 Å². The van der Waals surface area contributed by atoms with E-state index in [0.717, 1.165) is 21.8 Å². The van der Waals surface area contributed by atoms with E-state index in [1.807, 2.05) is 6.92 Å². The molecule has 0 spiro atoms. The zero-order valence-corrected chi connectivity index (χ0v) is 18.6. The van der Waals surface area contributed by atoms with Crippen molar-refractivity contribution in [1.82, 2.24) is 0 Å². The summed E-state index contributed by atoms with van der Waals surface area (Å²) in [5.74, 6) is -1.68. The third-order valence-corrected chi connectivity index (χ3v) is 5.66. The highest BCUT2D eigenvalue weighted by Gasteiger charge is 2.34. The second kappa shape index (κ2) is 9.32. The molecule has 0 unspecified atom stereocenters. The molecule has 0 atom stereocenters. The number of rotatable bonds is 4. The van der Waals surface area contributed by atoms with Gasteiger partial charge in [-0.05, 0) is 50.3 Å². The number of hydrogen-bond donors (Lipinski definition) is 2. The van der Waals surface area contributed by atoms with E-state index in [1.165, 1.54) is 12.1 Å². The van der Waals surface area contributed by atoms with Crippen LogP contribution < -0.4 is 0 Å². The Morgan fingerprint density at radius 1 is 1.17 bits per heavy atom. The van der Waals surface area contributed by atoms with Crippen molar-refractivity contribution in [2.75, 3.05) is 6.61 Å². The van der Waals surface area contributed by atoms with Gasteiger partial charge in [0, 0.05) is 15.6 Å². The van der Waals surface area contributed by atoms with Gasteiger partial charge >= 0.3 is 5.97 Å². The highest BCUT2D eigenvalue weighted by atomic mass is 79.9. The van der Waals surface area contributed by atoms with Gasteiger partial charge in [0.15, 0.2) is 0 Å². The van der Waals surface area contributed by atoms with Crippen LogP contribution in [0.15, 0.2) is 68.2 Å². The smallest absolute Gasteiger partial charge is 0.344 e. The number of aliphatic hydroxyl groups is 1. The van der Waals surface area contributed by atoms with Gasteiger partial charge in [-0.2, -0.15) is 0 Å². The van der Waals surface area contributed by atoms with Gasteiger partial charge in [-0.25, -0.2) is 9.79 Å². The van der Waals surface area contributed by atoms with Crippen LogP contribution in [0.3, 0.4) is 0 Å². The first-order chi connectivity index (χ1) is 14.3. The van der Waals surface area contributed by atoms with Gasteiger partial charge < -0.3 is 14.9 Å². The van der Waals surface area contributed by atoms with Crippen molar-refractivity contribution in [3.63, 3.8) is 0 Å². The topological polar surface area (TPSA) is 96.2 Å². The van der Waals surface area contributed by atoms with Gasteiger partial charge in [-0.3, -0.25) is 4.79 Å². The maximum Gasteiger partial charge on any atom is 0.344 e. The first kappa shape index (κ1) is 21.9. The summed E-state index contributed by atoms with van der Waals surface area (Å²) >= 11 is 4.28. The first-order valence-corrected chi connectivity index (χ1v) is 10.6. The molecule has 30 heavy (non-hydrogen) atoms. The summed E-state index contributed by atoms with van der Waals surface area (Å²) in [6.45, 7) is 3.65. The zero-order chi connectivity index (χ0) is 21.8. The lowest BCUT2D eigenvalue weighted by Gasteiger charge is -2.03. The Labute approximate surface area is 186 Å². The molecule has 1 amide bonds. The number of amides is 1. The van der Waals surface area contributed by atoms with E-state index in [9.17, 15) is 19.8 Å². The number of hydrogen-bond acceptors (Lipinski definition) is 6. The van der Waals surface area contributed by atoms with Crippen LogP contribution >= 0.6 is 27.7 Å². The zero-order valence-electron chi connectivity index (χ0n) is 16.2. The fourth-order valence-corrected chi connectivity index (χ4v) is 4.01. The molecular weight excluding hydrogens is 470 g/mol. The SMILES string of the molecule is CCOC(=O)C1=C(O)/C(=C\c2cc(Br)ccc2O)SC1=NC(=O)c1ccc(C)cc1. The predicted molar refractivity (Wildman–Crippen MR) is 121 cm³/mol. The Bertz CT molecular complexity index is 1100. The van der Waals surface area contributed by atoms with Gasteiger partial charge in [0.25, 0.3) is 5.91 Å². The molecule has 154 valence electrons. The number of carbonyl (C=O) groups excluding carboxylic acids is 2. The summed E-state index contributed by atoms with van der Waals surface area (Å²) in [4.78, 5) is 29.3. The number of benzene rings is 2. The number of phenols is 1. The molecule has 1 aliphatic rings. The summed E-state index contributed by atoms with van der Waals surface area (Å²) in [6.07, 6.45) is 1.51. The lowest BCUT2D eigenvalue weighted by molar-refractivity contribution is -0.138. The summed E-state index contributed by atoms with van der Waals surface area (Å²) in [5.41, 5.74) is 1.60.